The van der Waals surface area contributed by atoms with E-state index in [0.29, 0.717) is 11.3 Å². The molecule has 66 valence electrons. The summed E-state index contributed by atoms with van der Waals surface area (Å²) in [7, 11) is 0. The summed E-state index contributed by atoms with van der Waals surface area (Å²) in [6.45, 7) is -0.0111. The van der Waals surface area contributed by atoms with Gasteiger partial charge in [0, 0.05) is 11.3 Å². The molecule has 0 amide bonds. The number of nitrogen functional groups attached to an aromatic ring is 1. The highest BCUT2D eigenvalue weighted by Gasteiger charge is 1.96. The Morgan fingerprint density at radius 2 is 2.17 bits per heavy atom. The molecule has 1 aromatic rings. The number of hydrogen-bond donors (Lipinski definition) is 1. The number of anilines is 1. The molecule has 0 heterocycles. The van der Waals surface area contributed by atoms with Crippen molar-refractivity contribution in [2.75, 3.05) is 5.73 Å². The van der Waals surface area contributed by atoms with E-state index in [2.05, 4.69) is 4.18 Å². The normalized spacial score (nSPS) is 12.8. The molecule has 0 saturated heterocycles. The average molecular weight is 186 g/mol. The van der Waals surface area contributed by atoms with Gasteiger partial charge in [0.05, 0.1) is 18.0 Å². The van der Waals surface area contributed by atoms with E-state index in [4.69, 9.17) is 5.73 Å². The Morgan fingerprint density at radius 1 is 1.50 bits per heavy atom. The maximum absolute atomic E-state index is 10.0. The van der Waals surface area contributed by atoms with Crippen molar-refractivity contribution in [2.45, 2.75) is 6.61 Å². The molecule has 1 rings (SSSR count). The van der Waals surface area contributed by atoms with Crippen LogP contribution in [0.4, 0.5) is 5.69 Å². The molecule has 4 nitrogen and oxygen atoms in total. The van der Waals surface area contributed by atoms with Gasteiger partial charge in [-0.2, -0.15) is 0 Å². The number of hydrogen-bond acceptors (Lipinski definition) is 4. The van der Waals surface area contributed by atoms with Gasteiger partial charge in [-0.25, -0.2) is 4.21 Å². The van der Waals surface area contributed by atoms with Crippen molar-refractivity contribution in [3.05, 3.63) is 29.8 Å². The van der Waals surface area contributed by atoms with Crippen molar-refractivity contribution in [1.29, 1.82) is 0 Å². The zero-order chi connectivity index (χ0) is 8.97. The molecule has 0 bridgehead atoms. The van der Waals surface area contributed by atoms with Gasteiger partial charge in [0.1, 0.15) is 0 Å². The summed E-state index contributed by atoms with van der Waals surface area (Å²) < 4.78 is 24.4. The van der Waals surface area contributed by atoms with E-state index in [9.17, 15) is 8.76 Å². The third-order valence-electron chi connectivity index (χ3n) is 1.37. The molecule has 0 aliphatic heterocycles. The van der Waals surface area contributed by atoms with Gasteiger partial charge >= 0.3 is 0 Å². The van der Waals surface area contributed by atoms with Crippen molar-refractivity contribution in [3.63, 3.8) is 0 Å². The van der Waals surface area contributed by atoms with Crippen LogP contribution < -0.4 is 5.73 Å². The van der Waals surface area contributed by atoms with Crippen LogP contribution in [0.2, 0.25) is 0 Å². The van der Waals surface area contributed by atoms with Crippen molar-refractivity contribution < 1.29 is 12.9 Å². The van der Waals surface area contributed by atoms with E-state index < -0.39 is 11.4 Å². The molecule has 1 unspecified atom stereocenters. The molecule has 0 aliphatic rings. The third kappa shape index (κ3) is 2.61. The monoisotopic (exact) mass is 186 g/mol. The Balaban J connectivity index is 2.63. The van der Waals surface area contributed by atoms with E-state index >= 15 is 0 Å². The molecular formula is C7H8NO3S-. The summed E-state index contributed by atoms with van der Waals surface area (Å²) in [5.74, 6) is 0. The molecule has 1 aromatic carbocycles. The molecule has 12 heavy (non-hydrogen) atoms. The average Bonchev–Trinajstić information content (AvgIpc) is 2.03. The van der Waals surface area contributed by atoms with Crippen molar-refractivity contribution in [1.82, 2.24) is 0 Å². The van der Waals surface area contributed by atoms with Crippen molar-refractivity contribution in [3.8, 4) is 0 Å². The van der Waals surface area contributed by atoms with Gasteiger partial charge in [-0.3, -0.25) is 4.18 Å². The van der Waals surface area contributed by atoms with Crippen LogP contribution >= 0.6 is 0 Å². The quantitative estimate of drug-likeness (QED) is 0.553. The highest BCUT2D eigenvalue weighted by atomic mass is 32.2. The minimum absolute atomic E-state index is 0.0111. The highest BCUT2D eigenvalue weighted by molar-refractivity contribution is 7.74. The van der Waals surface area contributed by atoms with Gasteiger partial charge in [0.15, 0.2) is 0 Å². The minimum Gasteiger partial charge on any atom is -0.750 e. The van der Waals surface area contributed by atoms with Gasteiger partial charge in [-0.1, -0.05) is 18.2 Å². The molecule has 0 aliphatic carbocycles. The van der Waals surface area contributed by atoms with Gasteiger partial charge in [-0.15, -0.1) is 0 Å². The van der Waals surface area contributed by atoms with Crippen LogP contribution in [0, 0.1) is 0 Å². The maximum atomic E-state index is 10.0. The first kappa shape index (κ1) is 9.18. The molecule has 0 radical (unpaired) electrons. The van der Waals surface area contributed by atoms with Crippen LogP contribution in [0.5, 0.6) is 0 Å². The lowest BCUT2D eigenvalue weighted by Crippen LogP contribution is -1.99. The lowest BCUT2D eigenvalue weighted by atomic mass is 10.2. The molecule has 0 saturated carbocycles. The van der Waals surface area contributed by atoms with E-state index in [0.717, 1.165) is 0 Å². The van der Waals surface area contributed by atoms with E-state index in [-0.39, 0.29) is 6.61 Å². The van der Waals surface area contributed by atoms with E-state index in [1.165, 1.54) is 0 Å². The number of nitrogens with two attached hydrogens (primary N) is 1. The SMILES string of the molecule is Nc1ccccc1COS(=O)[O-]. The molecule has 0 fully saturated rings. The maximum Gasteiger partial charge on any atom is 0.0899 e. The number of rotatable bonds is 3. The van der Waals surface area contributed by atoms with Gasteiger partial charge in [0.25, 0.3) is 0 Å². The summed E-state index contributed by atoms with van der Waals surface area (Å²) in [6, 6.07) is 6.93. The van der Waals surface area contributed by atoms with Crippen LogP contribution in [0.15, 0.2) is 24.3 Å². The standard InChI is InChI=1S/C7H9NO3S/c8-7-4-2-1-3-6(7)5-11-12(9)10/h1-4H,5,8H2,(H,9,10)/p-1. The highest BCUT2D eigenvalue weighted by Crippen LogP contribution is 2.11. The zero-order valence-electron chi connectivity index (χ0n) is 6.23. The Hall–Kier alpha value is -0.910. The third-order valence-corrected chi connectivity index (χ3v) is 1.68. The molecular weight excluding hydrogens is 178 g/mol. The minimum atomic E-state index is -2.48. The number of para-hydroxylation sites is 1. The first-order valence-corrected chi connectivity index (χ1v) is 4.26. The summed E-state index contributed by atoms with van der Waals surface area (Å²) in [6.07, 6.45) is 0. The molecule has 1 atom stereocenters. The second kappa shape index (κ2) is 4.20. The summed E-state index contributed by atoms with van der Waals surface area (Å²) >= 11 is -2.48. The summed E-state index contributed by atoms with van der Waals surface area (Å²) in [4.78, 5) is 0. The first-order chi connectivity index (χ1) is 5.70. The molecule has 2 N–H and O–H groups in total. The van der Waals surface area contributed by atoms with Gasteiger partial charge < -0.3 is 10.3 Å². The van der Waals surface area contributed by atoms with Gasteiger partial charge in [0.2, 0.25) is 0 Å². The Bertz CT molecular complexity index is 290. The summed E-state index contributed by atoms with van der Waals surface area (Å²) in [5.41, 5.74) is 6.72. The Labute approximate surface area is 72.8 Å². The number of benzene rings is 1. The Morgan fingerprint density at radius 3 is 2.75 bits per heavy atom. The van der Waals surface area contributed by atoms with E-state index in [1.54, 1.807) is 24.3 Å². The fourth-order valence-electron chi connectivity index (χ4n) is 0.777. The molecule has 5 heteroatoms. The van der Waals surface area contributed by atoms with Gasteiger partial charge in [-0.05, 0) is 6.07 Å². The second-order valence-electron chi connectivity index (χ2n) is 2.17. The largest absolute Gasteiger partial charge is 0.750 e. The zero-order valence-corrected chi connectivity index (χ0v) is 7.04. The Kier molecular flexibility index (Phi) is 3.21. The summed E-state index contributed by atoms with van der Waals surface area (Å²) in [5, 5.41) is 0. The molecule has 0 aromatic heterocycles. The first-order valence-electron chi connectivity index (χ1n) is 3.26. The van der Waals surface area contributed by atoms with Crippen molar-refractivity contribution >= 4 is 17.0 Å². The van der Waals surface area contributed by atoms with E-state index in [1.807, 2.05) is 0 Å². The molecule has 0 spiro atoms. The second-order valence-corrected chi connectivity index (χ2v) is 2.81. The fourth-order valence-corrected chi connectivity index (χ4v) is 1.00. The predicted octanol–water partition coefficient (Wildman–Crippen LogP) is 0.580. The fraction of sp³-hybridized carbons (Fsp3) is 0.143. The lowest BCUT2D eigenvalue weighted by molar-refractivity contribution is 0.291. The van der Waals surface area contributed by atoms with Crippen LogP contribution in [-0.4, -0.2) is 8.76 Å². The topological polar surface area (TPSA) is 75.4 Å². The smallest absolute Gasteiger partial charge is 0.0899 e. The van der Waals surface area contributed by atoms with Crippen LogP contribution in [0.1, 0.15) is 5.56 Å². The van der Waals surface area contributed by atoms with Crippen LogP contribution in [0.25, 0.3) is 0 Å². The lowest BCUT2D eigenvalue weighted by Gasteiger charge is -2.07. The van der Waals surface area contributed by atoms with Crippen molar-refractivity contribution in [2.24, 2.45) is 0 Å². The predicted molar refractivity (Wildman–Crippen MR) is 44.6 cm³/mol. The van der Waals surface area contributed by atoms with Crippen LogP contribution in [-0.2, 0) is 22.2 Å². The van der Waals surface area contributed by atoms with Crippen LogP contribution in [0.3, 0.4) is 0 Å².